The highest BCUT2D eigenvalue weighted by Crippen LogP contribution is 2.53. The van der Waals surface area contributed by atoms with E-state index in [-0.39, 0.29) is 18.1 Å². The van der Waals surface area contributed by atoms with E-state index in [0.717, 1.165) is 18.4 Å². The Bertz CT molecular complexity index is 332. The maximum atomic E-state index is 9.30. The summed E-state index contributed by atoms with van der Waals surface area (Å²) >= 11 is 1.73. The zero-order chi connectivity index (χ0) is 10.9. The van der Waals surface area contributed by atoms with Crippen molar-refractivity contribution >= 4 is 11.8 Å². The molecule has 0 spiro atoms. The van der Waals surface area contributed by atoms with Gasteiger partial charge in [0.15, 0.2) is 0 Å². The van der Waals surface area contributed by atoms with Crippen LogP contribution in [0.25, 0.3) is 0 Å². The van der Waals surface area contributed by atoms with E-state index in [4.69, 9.17) is 5.73 Å². The molecule has 1 unspecified atom stereocenters. The Balaban J connectivity index is 2.15. The molecule has 0 aromatic heterocycles. The summed E-state index contributed by atoms with van der Waals surface area (Å²) in [5.74, 6) is 0. The van der Waals surface area contributed by atoms with Gasteiger partial charge in [-0.05, 0) is 36.8 Å². The summed E-state index contributed by atoms with van der Waals surface area (Å²) in [5, 5.41) is 9.30. The van der Waals surface area contributed by atoms with Gasteiger partial charge in [-0.25, -0.2) is 0 Å². The largest absolute Gasteiger partial charge is 0.396 e. The van der Waals surface area contributed by atoms with E-state index < -0.39 is 0 Å². The normalized spacial score (nSPS) is 19.9. The fourth-order valence-electron chi connectivity index (χ4n) is 1.89. The van der Waals surface area contributed by atoms with Crippen molar-refractivity contribution in [2.75, 3.05) is 12.9 Å². The minimum absolute atomic E-state index is 0.0154. The van der Waals surface area contributed by atoms with E-state index >= 15 is 0 Å². The number of hydrogen-bond donors (Lipinski definition) is 2. The predicted molar refractivity (Wildman–Crippen MR) is 63.9 cm³/mol. The van der Waals surface area contributed by atoms with Crippen molar-refractivity contribution in [1.29, 1.82) is 0 Å². The van der Waals surface area contributed by atoms with Gasteiger partial charge in [0, 0.05) is 16.4 Å². The minimum Gasteiger partial charge on any atom is -0.396 e. The zero-order valence-corrected chi connectivity index (χ0v) is 9.76. The van der Waals surface area contributed by atoms with Crippen LogP contribution in [0.4, 0.5) is 0 Å². The van der Waals surface area contributed by atoms with Crippen LogP contribution in [0.5, 0.6) is 0 Å². The van der Waals surface area contributed by atoms with Gasteiger partial charge >= 0.3 is 0 Å². The first kappa shape index (κ1) is 11.0. The Hall–Kier alpha value is -0.510. The molecule has 0 saturated heterocycles. The molecule has 1 aliphatic rings. The summed E-state index contributed by atoms with van der Waals surface area (Å²) in [7, 11) is 0. The first-order valence-corrected chi connectivity index (χ1v) is 6.45. The van der Waals surface area contributed by atoms with E-state index in [0.29, 0.717) is 0 Å². The van der Waals surface area contributed by atoms with Gasteiger partial charge in [0.1, 0.15) is 0 Å². The number of aliphatic hydroxyl groups excluding tert-OH is 1. The summed E-state index contributed by atoms with van der Waals surface area (Å²) in [6, 6.07) is 8.32. The summed E-state index contributed by atoms with van der Waals surface area (Å²) in [6.07, 6.45) is 4.16. The number of benzene rings is 1. The van der Waals surface area contributed by atoms with Crippen LogP contribution >= 0.6 is 11.8 Å². The Morgan fingerprint density at radius 3 is 2.40 bits per heavy atom. The van der Waals surface area contributed by atoms with Crippen molar-refractivity contribution in [2.24, 2.45) is 11.1 Å². The van der Waals surface area contributed by atoms with E-state index in [1.165, 1.54) is 4.90 Å². The van der Waals surface area contributed by atoms with E-state index in [2.05, 4.69) is 30.5 Å². The minimum atomic E-state index is -0.0269. The standard InChI is InChI=1S/C12H17NOS/c1-15-10-4-2-9(3-5-10)11(13)12(8-14)6-7-12/h2-5,11,14H,6-8,13H2,1H3. The predicted octanol–water partition coefficient (Wildman–Crippen LogP) is 2.18. The highest BCUT2D eigenvalue weighted by Gasteiger charge is 2.47. The van der Waals surface area contributed by atoms with Crippen molar-refractivity contribution in [1.82, 2.24) is 0 Å². The van der Waals surface area contributed by atoms with Gasteiger partial charge in [0.05, 0.1) is 6.61 Å². The fourth-order valence-corrected chi connectivity index (χ4v) is 2.30. The number of rotatable bonds is 4. The van der Waals surface area contributed by atoms with Gasteiger partial charge in [-0.15, -0.1) is 11.8 Å². The summed E-state index contributed by atoms with van der Waals surface area (Å²) in [5.41, 5.74) is 7.28. The van der Waals surface area contributed by atoms with Crippen LogP contribution < -0.4 is 5.73 Å². The lowest BCUT2D eigenvalue weighted by Gasteiger charge is -2.21. The Morgan fingerprint density at radius 2 is 2.00 bits per heavy atom. The lowest BCUT2D eigenvalue weighted by Crippen LogP contribution is -2.25. The van der Waals surface area contributed by atoms with Crippen LogP contribution in [0, 0.1) is 5.41 Å². The second-order valence-electron chi connectivity index (χ2n) is 4.27. The summed E-state index contributed by atoms with van der Waals surface area (Å²) < 4.78 is 0. The van der Waals surface area contributed by atoms with Gasteiger partial charge < -0.3 is 10.8 Å². The molecule has 0 aliphatic heterocycles. The van der Waals surface area contributed by atoms with Crippen LogP contribution in [0.1, 0.15) is 24.4 Å². The molecule has 0 amide bonds. The van der Waals surface area contributed by atoms with E-state index in [9.17, 15) is 5.11 Å². The maximum Gasteiger partial charge on any atom is 0.0505 e. The van der Waals surface area contributed by atoms with Crippen molar-refractivity contribution in [3.63, 3.8) is 0 Å². The van der Waals surface area contributed by atoms with Gasteiger partial charge in [-0.3, -0.25) is 0 Å². The van der Waals surface area contributed by atoms with Crippen LogP contribution in [-0.4, -0.2) is 18.0 Å². The molecule has 2 nitrogen and oxygen atoms in total. The maximum absolute atomic E-state index is 9.30. The molecule has 0 radical (unpaired) electrons. The second kappa shape index (κ2) is 4.16. The molecule has 3 N–H and O–H groups in total. The first-order valence-electron chi connectivity index (χ1n) is 5.22. The SMILES string of the molecule is CSc1ccc(C(N)C2(CO)CC2)cc1. The molecule has 1 fully saturated rings. The molecule has 0 heterocycles. The molecular weight excluding hydrogens is 206 g/mol. The monoisotopic (exact) mass is 223 g/mol. The van der Waals surface area contributed by atoms with Crippen LogP contribution in [-0.2, 0) is 0 Å². The average Bonchev–Trinajstić information content (AvgIpc) is 3.09. The number of hydrogen-bond acceptors (Lipinski definition) is 3. The Morgan fingerprint density at radius 1 is 1.40 bits per heavy atom. The van der Waals surface area contributed by atoms with Crippen LogP contribution in [0.15, 0.2) is 29.2 Å². The van der Waals surface area contributed by atoms with Gasteiger partial charge in [0.25, 0.3) is 0 Å². The van der Waals surface area contributed by atoms with Gasteiger partial charge in [-0.1, -0.05) is 12.1 Å². The molecule has 0 bridgehead atoms. The number of thioether (sulfide) groups is 1. The highest BCUT2D eigenvalue weighted by atomic mass is 32.2. The quantitative estimate of drug-likeness (QED) is 0.769. The number of aliphatic hydroxyl groups is 1. The topological polar surface area (TPSA) is 46.2 Å². The van der Waals surface area contributed by atoms with Crippen molar-refractivity contribution in [3.05, 3.63) is 29.8 Å². The molecule has 1 aliphatic carbocycles. The molecule has 15 heavy (non-hydrogen) atoms. The zero-order valence-electron chi connectivity index (χ0n) is 8.94. The molecular formula is C12H17NOS. The third-order valence-corrected chi connectivity index (χ3v) is 4.09. The van der Waals surface area contributed by atoms with Gasteiger partial charge in [0.2, 0.25) is 0 Å². The molecule has 1 saturated carbocycles. The lowest BCUT2D eigenvalue weighted by molar-refractivity contribution is 0.187. The lowest BCUT2D eigenvalue weighted by atomic mass is 9.92. The molecule has 1 aromatic carbocycles. The third kappa shape index (κ3) is 2.05. The fraction of sp³-hybridized carbons (Fsp3) is 0.500. The number of nitrogens with two attached hydrogens (primary N) is 1. The van der Waals surface area contributed by atoms with Crippen molar-refractivity contribution in [2.45, 2.75) is 23.8 Å². The van der Waals surface area contributed by atoms with Gasteiger partial charge in [-0.2, -0.15) is 0 Å². The van der Waals surface area contributed by atoms with Crippen molar-refractivity contribution < 1.29 is 5.11 Å². The first-order chi connectivity index (χ1) is 7.22. The third-order valence-electron chi connectivity index (χ3n) is 3.34. The molecule has 2 rings (SSSR count). The summed E-state index contributed by atoms with van der Waals surface area (Å²) in [4.78, 5) is 1.25. The summed E-state index contributed by atoms with van der Waals surface area (Å²) in [6.45, 7) is 0.207. The molecule has 82 valence electrons. The highest BCUT2D eigenvalue weighted by molar-refractivity contribution is 7.98. The second-order valence-corrected chi connectivity index (χ2v) is 5.15. The van der Waals surface area contributed by atoms with Crippen LogP contribution in [0.2, 0.25) is 0 Å². The molecule has 3 heteroatoms. The van der Waals surface area contributed by atoms with Crippen molar-refractivity contribution in [3.8, 4) is 0 Å². The average molecular weight is 223 g/mol. The Kier molecular flexibility index (Phi) is 3.05. The smallest absolute Gasteiger partial charge is 0.0505 e. The van der Waals surface area contributed by atoms with E-state index in [1.807, 2.05) is 0 Å². The van der Waals surface area contributed by atoms with E-state index in [1.54, 1.807) is 11.8 Å². The van der Waals surface area contributed by atoms with Crippen LogP contribution in [0.3, 0.4) is 0 Å². The molecule has 1 aromatic rings. The molecule has 1 atom stereocenters. The Labute approximate surface area is 94.9 Å².